The van der Waals surface area contributed by atoms with Crippen molar-refractivity contribution in [3.63, 3.8) is 0 Å². The van der Waals surface area contributed by atoms with Crippen LogP contribution in [0.3, 0.4) is 0 Å². The second-order valence-corrected chi connectivity index (χ2v) is 12.3. The molecule has 1 atom stereocenters. The molecule has 8 heteroatoms. The van der Waals surface area contributed by atoms with E-state index in [-0.39, 0.29) is 11.8 Å². The highest BCUT2D eigenvalue weighted by molar-refractivity contribution is 9.10. The molecular weight excluding hydrogens is 592 g/mol. The van der Waals surface area contributed by atoms with Crippen molar-refractivity contribution < 1.29 is 4.79 Å². The fourth-order valence-corrected chi connectivity index (χ4v) is 7.62. The number of likely N-dealkylation sites (tertiary alicyclic amines) is 2. The number of rotatable bonds is 3. The molecule has 3 aliphatic rings. The number of hydrogen-bond acceptors (Lipinski definition) is 4. The molecule has 2 fully saturated rings. The first-order valence-corrected chi connectivity index (χ1v) is 14.4. The molecule has 1 aliphatic carbocycles. The number of fused-ring (bicyclic) bond motifs is 2. The Kier molecular flexibility index (Phi) is 7.72. The predicted octanol–water partition coefficient (Wildman–Crippen LogP) is 6.31. The number of carbonyl (C=O) groups excluding carboxylic acids is 1. The number of halogens is 3. The summed E-state index contributed by atoms with van der Waals surface area (Å²) in [6.45, 7) is 3.14. The van der Waals surface area contributed by atoms with Crippen LogP contribution in [0.2, 0.25) is 5.02 Å². The minimum atomic E-state index is 0.190. The fraction of sp³-hybridized carbons (Fsp3) is 0.519. The average molecular weight is 621 g/mol. The van der Waals surface area contributed by atoms with Crippen molar-refractivity contribution in [1.29, 1.82) is 5.26 Å². The topological polar surface area (TPSA) is 60.2 Å². The normalized spacial score (nSPS) is 21.1. The molecule has 35 heavy (non-hydrogen) atoms. The number of hydrogen-bond donors (Lipinski definition) is 0. The molecule has 0 radical (unpaired) electrons. The van der Waals surface area contributed by atoms with E-state index in [0.717, 1.165) is 78.7 Å². The lowest BCUT2D eigenvalue weighted by atomic mass is 9.76. The predicted molar refractivity (Wildman–Crippen MR) is 144 cm³/mol. The van der Waals surface area contributed by atoms with Gasteiger partial charge in [0, 0.05) is 58.7 Å². The number of amides is 1. The Hall–Kier alpha value is -1.62. The summed E-state index contributed by atoms with van der Waals surface area (Å²) in [6.07, 6.45) is 10.4. The van der Waals surface area contributed by atoms with Gasteiger partial charge in [-0.1, -0.05) is 27.5 Å². The summed E-state index contributed by atoms with van der Waals surface area (Å²) < 4.78 is 2.07. The van der Waals surface area contributed by atoms with Crippen LogP contribution in [0.25, 0.3) is 0 Å². The molecule has 5 rings (SSSR count). The van der Waals surface area contributed by atoms with Gasteiger partial charge in [0.2, 0.25) is 5.91 Å². The van der Waals surface area contributed by atoms with E-state index in [1.165, 1.54) is 22.4 Å². The van der Waals surface area contributed by atoms with E-state index in [2.05, 4.69) is 55.1 Å². The standard InChI is InChI=1S/C27H29Br2ClN4O/c28-21-12-20-2-1-19-13-22(30)14-23(29)25(19)26(27(20)32-15-21)18-5-9-34(10-6-18)24(35)11-17-3-7-33(16-31)8-4-17/h12-15,17-18,26H,1-11H2/t26-/m1/s1. The maximum absolute atomic E-state index is 13.1. The average Bonchev–Trinajstić information content (AvgIpc) is 3.01. The lowest BCUT2D eigenvalue weighted by Gasteiger charge is -2.38. The van der Waals surface area contributed by atoms with Gasteiger partial charge in [0.15, 0.2) is 6.19 Å². The summed E-state index contributed by atoms with van der Waals surface area (Å²) >= 11 is 13.9. The van der Waals surface area contributed by atoms with E-state index in [1.54, 1.807) is 4.90 Å². The smallest absolute Gasteiger partial charge is 0.222 e. The van der Waals surface area contributed by atoms with Gasteiger partial charge in [-0.2, -0.15) is 5.26 Å². The van der Waals surface area contributed by atoms with Crippen LogP contribution in [-0.4, -0.2) is 46.9 Å². The third-order valence-electron chi connectivity index (χ3n) is 8.00. The zero-order valence-electron chi connectivity index (χ0n) is 19.7. The molecule has 1 aromatic carbocycles. The molecule has 1 aromatic heterocycles. The molecule has 1 amide bonds. The number of nitrogens with zero attached hydrogens (tertiary/aromatic N) is 4. The minimum absolute atomic E-state index is 0.190. The molecule has 0 N–H and O–H groups in total. The number of pyridine rings is 1. The van der Waals surface area contributed by atoms with Crippen molar-refractivity contribution in [2.24, 2.45) is 11.8 Å². The molecule has 3 heterocycles. The molecule has 2 saturated heterocycles. The third-order valence-corrected chi connectivity index (χ3v) is 9.31. The van der Waals surface area contributed by atoms with Crippen molar-refractivity contribution in [2.45, 2.75) is 50.9 Å². The van der Waals surface area contributed by atoms with Crippen molar-refractivity contribution in [3.8, 4) is 6.19 Å². The SMILES string of the molecule is N#CN1CCC(CC(=O)N2CCC([C@H]3c4ncc(Br)cc4CCc4cc(Cl)cc(Br)c43)CC2)CC1. The number of aromatic nitrogens is 1. The van der Waals surface area contributed by atoms with E-state index >= 15 is 0 Å². The van der Waals surface area contributed by atoms with E-state index < -0.39 is 0 Å². The van der Waals surface area contributed by atoms with Crippen LogP contribution in [0.4, 0.5) is 0 Å². The van der Waals surface area contributed by atoms with Crippen LogP contribution in [0.1, 0.15) is 60.4 Å². The summed E-state index contributed by atoms with van der Waals surface area (Å²) in [7, 11) is 0. The van der Waals surface area contributed by atoms with Crippen LogP contribution in [0.5, 0.6) is 0 Å². The Morgan fingerprint density at radius 1 is 1.06 bits per heavy atom. The van der Waals surface area contributed by atoms with Gasteiger partial charge >= 0.3 is 0 Å². The van der Waals surface area contributed by atoms with Crippen molar-refractivity contribution >= 4 is 49.4 Å². The van der Waals surface area contributed by atoms with E-state index in [9.17, 15) is 4.79 Å². The van der Waals surface area contributed by atoms with E-state index in [4.69, 9.17) is 21.8 Å². The molecule has 0 unspecified atom stereocenters. The van der Waals surface area contributed by atoms with Crippen LogP contribution in [-0.2, 0) is 17.6 Å². The zero-order chi connectivity index (χ0) is 24.5. The van der Waals surface area contributed by atoms with Gasteiger partial charge in [-0.05, 0) is 101 Å². The summed E-state index contributed by atoms with van der Waals surface area (Å²) in [5, 5.41) is 9.82. The largest absolute Gasteiger partial charge is 0.343 e. The lowest BCUT2D eigenvalue weighted by molar-refractivity contribution is -0.134. The lowest BCUT2D eigenvalue weighted by Crippen LogP contribution is -2.41. The number of piperidine rings is 2. The quantitative estimate of drug-likeness (QED) is 0.378. The minimum Gasteiger partial charge on any atom is -0.343 e. The highest BCUT2D eigenvalue weighted by atomic mass is 79.9. The second kappa shape index (κ2) is 10.8. The molecule has 0 saturated carbocycles. The van der Waals surface area contributed by atoms with Crippen molar-refractivity contribution in [1.82, 2.24) is 14.8 Å². The molecule has 2 aliphatic heterocycles. The first-order chi connectivity index (χ1) is 16.9. The molecule has 2 aromatic rings. The number of benzene rings is 1. The Balaban J connectivity index is 1.33. The summed E-state index contributed by atoms with van der Waals surface area (Å²) in [6, 6.07) is 6.34. The molecular formula is C27H29Br2ClN4O. The Bertz CT molecular complexity index is 1150. The Labute approximate surface area is 229 Å². The van der Waals surface area contributed by atoms with Crippen LogP contribution in [0.15, 0.2) is 33.3 Å². The van der Waals surface area contributed by atoms with Gasteiger partial charge in [-0.15, -0.1) is 0 Å². The first-order valence-electron chi connectivity index (χ1n) is 12.5. The molecule has 184 valence electrons. The van der Waals surface area contributed by atoms with Gasteiger partial charge in [-0.25, -0.2) is 0 Å². The molecule has 0 spiro atoms. The van der Waals surface area contributed by atoms with Crippen LogP contribution < -0.4 is 0 Å². The number of carbonyl (C=O) groups is 1. The highest BCUT2D eigenvalue weighted by Gasteiger charge is 2.36. The summed E-state index contributed by atoms with van der Waals surface area (Å²) in [4.78, 5) is 21.9. The zero-order valence-corrected chi connectivity index (χ0v) is 23.6. The highest BCUT2D eigenvalue weighted by Crippen LogP contribution is 2.46. The fourth-order valence-electron chi connectivity index (χ4n) is 6.13. The van der Waals surface area contributed by atoms with Crippen LogP contribution >= 0.6 is 43.5 Å². The maximum Gasteiger partial charge on any atom is 0.222 e. The van der Waals surface area contributed by atoms with Gasteiger partial charge in [0.1, 0.15) is 0 Å². The second-order valence-electron chi connectivity index (χ2n) is 10.1. The van der Waals surface area contributed by atoms with Crippen LogP contribution in [0, 0.1) is 23.3 Å². The Morgan fingerprint density at radius 3 is 2.49 bits per heavy atom. The summed E-state index contributed by atoms with van der Waals surface area (Å²) in [5.41, 5.74) is 5.08. The number of aryl methyl sites for hydroxylation is 2. The number of nitriles is 1. The first kappa shape index (κ1) is 25.0. The molecule has 5 nitrogen and oxygen atoms in total. The van der Waals surface area contributed by atoms with Crippen molar-refractivity contribution in [2.75, 3.05) is 26.2 Å². The van der Waals surface area contributed by atoms with E-state index in [0.29, 0.717) is 18.3 Å². The Morgan fingerprint density at radius 2 is 1.77 bits per heavy atom. The summed E-state index contributed by atoms with van der Waals surface area (Å²) in [5.74, 6) is 1.28. The van der Waals surface area contributed by atoms with E-state index in [1.807, 2.05) is 12.3 Å². The third kappa shape index (κ3) is 5.40. The molecule has 0 bridgehead atoms. The monoisotopic (exact) mass is 618 g/mol. The maximum atomic E-state index is 13.1. The van der Waals surface area contributed by atoms with Gasteiger partial charge in [0.25, 0.3) is 0 Å². The van der Waals surface area contributed by atoms with Crippen molar-refractivity contribution in [3.05, 3.63) is 60.7 Å². The van der Waals surface area contributed by atoms with Gasteiger partial charge in [-0.3, -0.25) is 9.78 Å². The van der Waals surface area contributed by atoms with Gasteiger partial charge < -0.3 is 9.80 Å². The van der Waals surface area contributed by atoms with Gasteiger partial charge in [0.05, 0.1) is 5.69 Å².